The Hall–Kier alpha value is -2.43. The summed E-state index contributed by atoms with van der Waals surface area (Å²) < 4.78 is 32.0. The number of ether oxygens (including phenoxy) is 1. The molecule has 0 saturated heterocycles. The second-order valence-corrected chi connectivity index (χ2v) is 4.24. The standard InChI is InChI=1S/C15H13F2NO2/c1-9(19)18-12-5-3-4-10(6-12)11-7-13(16)15(20-2)14(17)8-11/h3-8H,1-2H3,(H,18,19). The van der Waals surface area contributed by atoms with Crippen LogP contribution in [0, 0.1) is 11.6 Å². The van der Waals surface area contributed by atoms with Gasteiger partial charge in [0.1, 0.15) is 0 Å². The smallest absolute Gasteiger partial charge is 0.221 e. The quantitative estimate of drug-likeness (QED) is 0.931. The Morgan fingerprint density at radius 2 is 1.75 bits per heavy atom. The zero-order chi connectivity index (χ0) is 14.7. The van der Waals surface area contributed by atoms with Crippen LogP contribution in [-0.4, -0.2) is 13.0 Å². The maximum atomic E-state index is 13.7. The summed E-state index contributed by atoms with van der Waals surface area (Å²) in [6.45, 7) is 1.39. The summed E-state index contributed by atoms with van der Waals surface area (Å²) in [7, 11) is 1.21. The normalized spacial score (nSPS) is 10.2. The SMILES string of the molecule is COc1c(F)cc(-c2cccc(NC(C)=O)c2)cc1F. The zero-order valence-corrected chi connectivity index (χ0v) is 11.0. The Bertz CT molecular complexity index is 633. The lowest BCUT2D eigenvalue weighted by atomic mass is 10.0. The van der Waals surface area contributed by atoms with Crippen molar-refractivity contribution in [2.45, 2.75) is 6.92 Å². The molecule has 20 heavy (non-hydrogen) atoms. The highest BCUT2D eigenvalue weighted by molar-refractivity contribution is 5.89. The van der Waals surface area contributed by atoms with Gasteiger partial charge in [0, 0.05) is 12.6 Å². The van der Waals surface area contributed by atoms with Crippen molar-refractivity contribution < 1.29 is 18.3 Å². The lowest BCUT2D eigenvalue weighted by Crippen LogP contribution is -2.05. The molecule has 1 N–H and O–H groups in total. The van der Waals surface area contributed by atoms with E-state index in [9.17, 15) is 13.6 Å². The van der Waals surface area contributed by atoms with Gasteiger partial charge in [-0.1, -0.05) is 12.1 Å². The van der Waals surface area contributed by atoms with Gasteiger partial charge in [-0.3, -0.25) is 4.79 Å². The number of rotatable bonds is 3. The maximum Gasteiger partial charge on any atom is 0.221 e. The molecule has 0 aromatic heterocycles. The van der Waals surface area contributed by atoms with E-state index in [4.69, 9.17) is 0 Å². The predicted molar refractivity (Wildman–Crippen MR) is 72.6 cm³/mol. The van der Waals surface area contributed by atoms with Gasteiger partial charge in [-0.2, -0.15) is 0 Å². The minimum absolute atomic E-state index is 0.214. The number of halogens is 2. The van der Waals surface area contributed by atoms with Crippen LogP contribution in [0.25, 0.3) is 11.1 Å². The van der Waals surface area contributed by atoms with Crippen molar-refractivity contribution in [3.05, 3.63) is 48.0 Å². The molecule has 0 fully saturated rings. The van der Waals surface area contributed by atoms with Gasteiger partial charge < -0.3 is 10.1 Å². The molecule has 0 atom stereocenters. The van der Waals surface area contributed by atoms with Gasteiger partial charge >= 0.3 is 0 Å². The van der Waals surface area contributed by atoms with Crippen LogP contribution in [0.2, 0.25) is 0 Å². The second kappa shape index (κ2) is 5.69. The third-order valence-electron chi connectivity index (χ3n) is 2.72. The fraction of sp³-hybridized carbons (Fsp3) is 0.133. The van der Waals surface area contributed by atoms with E-state index in [0.717, 1.165) is 0 Å². The van der Waals surface area contributed by atoms with Crippen LogP contribution in [0.3, 0.4) is 0 Å². The van der Waals surface area contributed by atoms with Gasteiger partial charge in [0.05, 0.1) is 7.11 Å². The Morgan fingerprint density at radius 3 is 2.30 bits per heavy atom. The molecule has 0 unspecified atom stereocenters. The molecular formula is C15H13F2NO2. The molecule has 0 saturated carbocycles. The van der Waals surface area contributed by atoms with Gasteiger partial charge in [0.25, 0.3) is 0 Å². The average Bonchev–Trinajstić information content (AvgIpc) is 2.38. The van der Waals surface area contributed by atoms with Crippen molar-refractivity contribution in [3.63, 3.8) is 0 Å². The van der Waals surface area contributed by atoms with E-state index in [0.29, 0.717) is 16.8 Å². The van der Waals surface area contributed by atoms with Crippen molar-refractivity contribution in [3.8, 4) is 16.9 Å². The molecule has 2 aromatic rings. The summed E-state index contributed by atoms with van der Waals surface area (Å²) >= 11 is 0. The van der Waals surface area contributed by atoms with Gasteiger partial charge in [0.2, 0.25) is 5.91 Å². The first-order chi connectivity index (χ1) is 9.51. The van der Waals surface area contributed by atoms with Crippen LogP contribution in [0.4, 0.5) is 14.5 Å². The number of nitrogens with one attached hydrogen (secondary N) is 1. The number of amides is 1. The van der Waals surface area contributed by atoms with Gasteiger partial charge in [0.15, 0.2) is 17.4 Å². The minimum Gasteiger partial charge on any atom is -0.491 e. The van der Waals surface area contributed by atoms with Crippen LogP contribution in [0.5, 0.6) is 5.75 Å². The molecule has 2 aromatic carbocycles. The van der Waals surface area contributed by atoms with Crippen LogP contribution < -0.4 is 10.1 Å². The summed E-state index contributed by atoms with van der Waals surface area (Å²) in [5.74, 6) is -2.17. The second-order valence-electron chi connectivity index (χ2n) is 4.24. The molecule has 0 aliphatic rings. The fourth-order valence-corrected chi connectivity index (χ4v) is 1.90. The largest absolute Gasteiger partial charge is 0.491 e. The molecule has 104 valence electrons. The van der Waals surface area contributed by atoms with E-state index in [-0.39, 0.29) is 5.91 Å². The monoisotopic (exact) mass is 277 g/mol. The number of hydrogen-bond acceptors (Lipinski definition) is 2. The number of hydrogen-bond donors (Lipinski definition) is 1. The van der Waals surface area contributed by atoms with Gasteiger partial charge in [-0.25, -0.2) is 8.78 Å². The van der Waals surface area contributed by atoms with Crippen LogP contribution in [0.1, 0.15) is 6.92 Å². The zero-order valence-electron chi connectivity index (χ0n) is 11.0. The summed E-state index contributed by atoms with van der Waals surface area (Å²) in [6.07, 6.45) is 0. The number of methoxy groups -OCH3 is 1. The van der Waals surface area contributed by atoms with Gasteiger partial charge in [-0.05, 0) is 35.4 Å². The third-order valence-corrected chi connectivity index (χ3v) is 2.72. The number of benzene rings is 2. The van der Waals surface area contributed by atoms with Crippen molar-refractivity contribution in [1.29, 1.82) is 0 Å². The van der Waals surface area contributed by atoms with Crippen molar-refractivity contribution in [2.75, 3.05) is 12.4 Å². The molecule has 1 amide bonds. The molecular weight excluding hydrogens is 264 g/mol. The number of anilines is 1. The molecule has 5 heteroatoms. The van der Waals surface area contributed by atoms with E-state index in [2.05, 4.69) is 10.1 Å². The van der Waals surface area contributed by atoms with Crippen molar-refractivity contribution in [1.82, 2.24) is 0 Å². The highest BCUT2D eigenvalue weighted by atomic mass is 19.1. The fourth-order valence-electron chi connectivity index (χ4n) is 1.90. The molecule has 0 aliphatic carbocycles. The van der Waals surface area contributed by atoms with Gasteiger partial charge in [-0.15, -0.1) is 0 Å². The topological polar surface area (TPSA) is 38.3 Å². The molecule has 0 heterocycles. The lowest BCUT2D eigenvalue weighted by Gasteiger charge is -2.09. The first kappa shape index (κ1) is 14.0. The Morgan fingerprint density at radius 1 is 1.10 bits per heavy atom. The first-order valence-corrected chi connectivity index (χ1v) is 5.92. The highest BCUT2D eigenvalue weighted by Gasteiger charge is 2.12. The van der Waals surface area contributed by atoms with E-state index >= 15 is 0 Å². The van der Waals surface area contributed by atoms with E-state index < -0.39 is 17.4 Å². The van der Waals surface area contributed by atoms with Crippen LogP contribution in [-0.2, 0) is 4.79 Å². The highest BCUT2D eigenvalue weighted by Crippen LogP contribution is 2.29. The Labute approximate surface area is 115 Å². The summed E-state index contributed by atoms with van der Waals surface area (Å²) in [4.78, 5) is 11.0. The Kier molecular flexibility index (Phi) is 3.98. The number of carbonyl (C=O) groups is 1. The molecule has 2 rings (SSSR count). The third kappa shape index (κ3) is 2.93. The van der Waals surface area contributed by atoms with E-state index in [1.165, 1.54) is 26.2 Å². The lowest BCUT2D eigenvalue weighted by molar-refractivity contribution is -0.114. The summed E-state index contributed by atoms with van der Waals surface area (Å²) in [5.41, 5.74) is 1.52. The minimum atomic E-state index is -0.771. The summed E-state index contributed by atoms with van der Waals surface area (Å²) in [5, 5.41) is 2.62. The predicted octanol–water partition coefficient (Wildman–Crippen LogP) is 3.60. The number of carbonyl (C=O) groups excluding carboxylic acids is 1. The van der Waals surface area contributed by atoms with Crippen LogP contribution >= 0.6 is 0 Å². The van der Waals surface area contributed by atoms with Crippen molar-refractivity contribution in [2.24, 2.45) is 0 Å². The molecule has 0 bridgehead atoms. The van der Waals surface area contributed by atoms with E-state index in [1.54, 1.807) is 24.3 Å². The average molecular weight is 277 g/mol. The van der Waals surface area contributed by atoms with E-state index in [1.807, 2.05) is 0 Å². The molecule has 0 spiro atoms. The Balaban J connectivity index is 2.44. The summed E-state index contributed by atoms with van der Waals surface area (Å²) in [6, 6.07) is 9.11. The molecule has 0 aliphatic heterocycles. The first-order valence-electron chi connectivity index (χ1n) is 5.92. The van der Waals surface area contributed by atoms with Crippen molar-refractivity contribution >= 4 is 11.6 Å². The maximum absolute atomic E-state index is 13.7. The molecule has 0 radical (unpaired) electrons. The molecule has 3 nitrogen and oxygen atoms in total. The van der Waals surface area contributed by atoms with Crippen LogP contribution in [0.15, 0.2) is 36.4 Å².